The molecule has 116 valence electrons. The van der Waals surface area contributed by atoms with E-state index in [0.717, 1.165) is 0 Å². The highest BCUT2D eigenvalue weighted by molar-refractivity contribution is 7.89. The average Bonchev–Trinajstić information content (AvgIpc) is 2.47. The van der Waals surface area contributed by atoms with Crippen molar-refractivity contribution in [1.29, 1.82) is 0 Å². The Morgan fingerprint density at radius 3 is 2.67 bits per heavy atom. The molecule has 1 aromatic rings. The van der Waals surface area contributed by atoms with Crippen molar-refractivity contribution in [3.8, 4) is 0 Å². The van der Waals surface area contributed by atoms with Crippen LogP contribution in [0.3, 0.4) is 0 Å². The van der Waals surface area contributed by atoms with Crippen LogP contribution in [-0.4, -0.2) is 51.0 Å². The number of nitrogens with one attached hydrogen (secondary N) is 1. The summed E-state index contributed by atoms with van der Waals surface area (Å²) in [5.41, 5.74) is 6.09. The lowest BCUT2D eigenvalue weighted by Gasteiger charge is -2.31. The van der Waals surface area contributed by atoms with E-state index in [4.69, 9.17) is 10.5 Å². The molecule has 1 aliphatic heterocycles. The van der Waals surface area contributed by atoms with Gasteiger partial charge in [-0.05, 0) is 24.3 Å². The SMILES string of the molecule is CC(=O)Nc1ccc(S(=O)(=O)N2CCOC(CN)C2)cc1. The third-order valence-corrected chi connectivity index (χ3v) is 5.06. The third kappa shape index (κ3) is 3.79. The van der Waals surface area contributed by atoms with Crippen LogP contribution in [0.15, 0.2) is 29.2 Å². The van der Waals surface area contributed by atoms with Gasteiger partial charge in [-0.25, -0.2) is 8.42 Å². The van der Waals surface area contributed by atoms with E-state index in [-0.39, 0.29) is 30.0 Å². The van der Waals surface area contributed by atoms with Crippen LogP contribution in [0.1, 0.15) is 6.92 Å². The summed E-state index contributed by atoms with van der Waals surface area (Å²) in [6.45, 7) is 2.59. The fourth-order valence-electron chi connectivity index (χ4n) is 2.12. The zero-order valence-electron chi connectivity index (χ0n) is 11.8. The first-order valence-corrected chi connectivity index (χ1v) is 8.07. The normalized spacial score (nSPS) is 20.2. The molecular formula is C13H19N3O4S. The number of carbonyl (C=O) groups is 1. The van der Waals surface area contributed by atoms with E-state index >= 15 is 0 Å². The maximum Gasteiger partial charge on any atom is 0.243 e. The van der Waals surface area contributed by atoms with E-state index in [2.05, 4.69) is 5.32 Å². The van der Waals surface area contributed by atoms with Crippen molar-refractivity contribution in [1.82, 2.24) is 4.31 Å². The van der Waals surface area contributed by atoms with Crippen molar-refractivity contribution >= 4 is 21.6 Å². The zero-order chi connectivity index (χ0) is 15.5. The number of nitrogens with zero attached hydrogens (tertiary/aromatic N) is 1. The first-order valence-electron chi connectivity index (χ1n) is 6.63. The summed E-state index contributed by atoms with van der Waals surface area (Å²) in [4.78, 5) is 11.1. The molecule has 21 heavy (non-hydrogen) atoms. The van der Waals surface area contributed by atoms with Crippen molar-refractivity contribution in [3.05, 3.63) is 24.3 Å². The number of amides is 1. The number of sulfonamides is 1. The Morgan fingerprint density at radius 2 is 2.10 bits per heavy atom. The quantitative estimate of drug-likeness (QED) is 0.814. The van der Waals surface area contributed by atoms with Gasteiger partial charge in [0, 0.05) is 32.2 Å². The van der Waals surface area contributed by atoms with Gasteiger partial charge in [0.1, 0.15) is 0 Å². The van der Waals surface area contributed by atoms with Gasteiger partial charge in [0.05, 0.1) is 17.6 Å². The predicted octanol–water partition coefficient (Wildman–Crippen LogP) is -0.00680. The van der Waals surface area contributed by atoms with Gasteiger partial charge in [-0.15, -0.1) is 0 Å². The van der Waals surface area contributed by atoms with Crippen LogP contribution in [0, 0.1) is 0 Å². The highest BCUT2D eigenvalue weighted by atomic mass is 32.2. The van der Waals surface area contributed by atoms with E-state index in [1.165, 1.54) is 23.4 Å². The molecule has 0 spiro atoms. The summed E-state index contributed by atoms with van der Waals surface area (Å²) >= 11 is 0. The first kappa shape index (κ1) is 15.9. The van der Waals surface area contributed by atoms with E-state index in [1.807, 2.05) is 0 Å². The molecule has 1 atom stereocenters. The van der Waals surface area contributed by atoms with E-state index in [0.29, 0.717) is 18.8 Å². The minimum Gasteiger partial charge on any atom is -0.374 e. The van der Waals surface area contributed by atoms with Gasteiger partial charge >= 0.3 is 0 Å². The Labute approximate surface area is 124 Å². The average molecular weight is 313 g/mol. The number of morpholine rings is 1. The van der Waals surface area contributed by atoms with Gasteiger partial charge in [-0.2, -0.15) is 4.31 Å². The summed E-state index contributed by atoms with van der Waals surface area (Å²) in [5, 5.41) is 2.60. The fourth-order valence-corrected chi connectivity index (χ4v) is 3.57. The van der Waals surface area contributed by atoms with Crippen LogP contribution >= 0.6 is 0 Å². The highest BCUT2D eigenvalue weighted by Crippen LogP contribution is 2.20. The molecule has 1 fully saturated rings. The Kier molecular flexibility index (Phi) is 4.94. The van der Waals surface area contributed by atoms with E-state index < -0.39 is 10.0 Å². The fraction of sp³-hybridized carbons (Fsp3) is 0.462. The van der Waals surface area contributed by atoms with Gasteiger partial charge < -0.3 is 15.8 Å². The summed E-state index contributed by atoms with van der Waals surface area (Å²) in [6, 6.07) is 6.09. The number of anilines is 1. The summed E-state index contributed by atoms with van der Waals surface area (Å²) in [7, 11) is -3.57. The molecule has 1 saturated heterocycles. The summed E-state index contributed by atoms with van der Waals surface area (Å²) < 4.78 is 31.8. The van der Waals surface area contributed by atoms with Gasteiger partial charge in [0.2, 0.25) is 15.9 Å². The van der Waals surface area contributed by atoms with Crippen LogP contribution in [-0.2, 0) is 19.6 Å². The molecule has 0 bridgehead atoms. The molecule has 2 rings (SSSR count). The van der Waals surface area contributed by atoms with E-state index in [9.17, 15) is 13.2 Å². The van der Waals surface area contributed by atoms with Crippen molar-refractivity contribution in [2.45, 2.75) is 17.9 Å². The Hall–Kier alpha value is -1.48. The van der Waals surface area contributed by atoms with Gasteiger partial charge in [0.15, 0.2) is 0 Å². The zero-order valence-corrected chi connectivity index (χ0v) is 12.6. The van der Waals surface area contributed by atoms with Crippen LogP contribution in [0.25, 0.3) is 0 Å². The van der Waals surface area contributed by atoms with Gasteiger partial charge in [-0.3, -0.25) is 4.79 Å². The molecule has 0 saturated carbocycles. The number of nitrogens with two attached hydrogens (primary N) is 1. The highest BCUT2D eigenvalue weighted by Gasteiger charge is 2.30. The molecule has 3 N–H and O–H groups in total. The Morgan fingerprint density at radius 1 is 1.43 bits per heavy atom. The maximum atomic E-state index is 12.5. The molecule has 0 aliphatic carbocycles. The molecule has 1 aromatic carbocycles. The Bertz CT molecular complexity index is 600. The second kappa shape index (κ2) is 6.52. The second-order valence-corrected chi connectivity index (χ2v) is 6.74. The molecule has 7 nitrogen and oxygen atoms in total. The lowest BCUT2D eigenvalue weighted by atomic mass is 10.3. The maximum absolute atomic E-state index is 12.5. The van der Waals surface area contributed by atoms with Crippen molar-refractivity contribution in [2.75, 3.05) is 31.6 Å². The number of ether oxygens (including phenoxy) is 1. The van der Waals surface area contributed by atoms with Crippen LogP contribution in [0.4, 0.5) is 5.69 Å². The van der Waals surface area contributed by atoms with Gasteiger partial charge in [0.25, 0.3) is 0 Å². The van der Waals surface area contributed by atoms with Crippen molar-refractivity contribution < 1.29 is 17.9 Å². The first-order chi connectivity index (χ1) is 9.93. The Balaban J connectivity index is 2.17. The molecular weight excluding hydrogens is 294 g/mol. The topological polar surface area (TPSA) is 102 Å². The molecule has 1 amide bonds. The number of rotatable bonds is 4. The molecule has 1 aliphatic rings. The number of hydrogen-bond donors (Lipinski definition) is 2. The van der Waals surface area contributed by atoms with Crippen LogP contribution in [0.5, 0.6) is 0 Å². The summed E-state index contributed by atoms with van der Waals surface area (Å²) in [5.74, 6) is -0.204. The molecule has 1 heterocycles. The largest absolute Gasteiger partial charge is 0.374 e. The van der Waals surface area contributed by atoms with Crippen molar-refractivity contribution in [3.63, 3.8) is 0 Å². The third-order valence-electron chi connectivity index (χ3n) is 3.18. The number of hydrogen-bond acceptors (Lipinski definition) is 5. The lowest BCUT2D eigenvalue weighted by Crippen LogP contribution is -2.48. The molecule has 8 heteroatoms. The van der Waals surface area contributed by atoms with Gasteiger partial charge in [-0.1, -0.05) is 0 Å². The van der Waals surface area contributed by atoms with Crippen LogP contribution < -0.4 is 11.1 Å². The standard InChI is InChI=1S/C13H19N3O4S/c1-10(17)15-11-2-4-13(5-3-11)21(18,19)16-6-7-20-12(8-14)9-16/h2-5,12H,6-9,14H2,1H3,(H,15,17). The monoisotopic (exact) mass is 313 g/mol. The molecule has 0 aromatic heterocycles. The van der Waals surface area contributed by atoms with Crippen LogP contribution in [0.2, 0.25) is 0 Å². The lowest BCUT2D eigenvalue weighted by molar-refractivity contribution is -0.114. The molecule has 0 radical (unpaired) electrons. The molecule has 1 unspecified atom stereocenters. The minimum absolute atomic E-state index is 0.189. The predicted molar refractivity (Wildman–Crippen MR) is 78.3 cm³/mol. The number of carbonyl (C=O) groups excluding carboxylic acids is 1. The summed E-state index contributed by atoms with van der Waals surface area (Å²) in [6.07, 6.45) is -0.271. The smallest absolute Gasteiger partial charge is 0.243 e. The van der Waals surface area contributed by atoms with E-state index in [1.54, 1.807) is 12.1 Å². The second-order valence-electron chi connectivity index (χ2n) is 4.80. The minimum atomic E-state index is -3.57. The van der Waals surface area contributed by atoms with Crippen molar-refractivity contribution in [2.24, 2.45) is 5.73 Å². The number of benzene rings is 1.